The molecule has 4 aromatic rings. The molecule has 164 valence electrons. The molecule has 0 aliphatic rings. The maximum Gasteiger partial charge on any atom is 0.303 e. The number of aromatic nitrogens is 1. The fourth-order valence-electron chi connectivity index (χ4n) is 3.43. The van der Waals surface area contributed by atoms with Gasteiger partial charge in [-0.05, 0) is 35.9 Å². The minimum absolute atomic E-state index is 0.0697. The quantitative estimate of drug-likeness (QED) is 0.384. The van der Waals surface area contributed by atoms with E-state index < -0.39 is 21.7 Å². The Bertz CT molecular complexity index is 1370. The molecule has 0 saturated heterocycles. The zero-order chi connectivity index (χ0) is 22.7. The number of nitrogens with two attached hydrogens (primary N) is 1. The number of carbonyl (C=O) groups is 1. The normalized spacial score (nSPS) is 12.5. The molecule has 1 unspecified atom stereocenters. The van der Waals surface area contributed by atoms with E-state index in [1.54, 1.807) is 54.6 Å². The van der Waals surface area contributed by atoms with Crippen molar-refractivity contribution in [1.29, 1.82) is 0 Å². The first-order valence-corrected chi connectivity index (χ1v) is 12.2. The molecule has 0 radical (unpaired) electrons. The summed E-state index contributed by atoms with van der Waals surface area (Å²) in [6, 6.07) is 20.3. The highest BCUT2D eigenvalue weighted by Gasteiger charge is 2.25. The molecule has 3 N–H and O–H groups in total. The van der Waals surface area contributed by atoms with Crippen molar-refractivity contribution in [3.8, 4) is 11.5 Å². The summed E-state index contributed by atoms with van der Waals surface area (Å²) in [5.41, 5.74) is 7.11. The highest BCUT2D eigenvalue weighted by Crippen LogP contribution is 2.31. The van der Waals surface area contributed by atoms with Gasteiger partial charge in [0.2, 0.25) is 0 Å². The largest absolute Gasteiger partial charge is 0.481 e. The number of thiazole rings is 1. The smallest absolute Gasteiger partial charge is 0.303 e. The Balaban J connectivity index is 1.58. The highest BCUT2D eigenvalue weighted by atomic mass is 32.2. The Kier molecular flexibility index (Phi) is 6.11. The Labute approximate surface area is 189 Å². The van der Waals surface area contributed by atoms with Crippen LogP contribution in [0.25, 0.3) is 10.2 Å². The van der Waals surface area contributed by atoms with Gasteiger partial charge in [0.1, 0.15) is 11.5 Å². The van der Waals surface area contributed by atoms with E-state index in [1.807, 2.05) is 6.07 Å². The summed E-state index contributed by atoms with van der Waals surface area (Å²) in [4.78, 5) is 15.6. The second-order valence-electron chi connectivity index (χ2n) is 7.25. The van der Waals surface area contributed by atoms with Crippen LogP contribution in [0.5, 0.6) is 11.5 Å². The van der Waals surface area contributed by atoms with Gasteiger partial charge in [-0.1, -0.05) is 47.7 Å². The van der Waals surface area contributed by atoms with Gasteiger partial charge in [-0.2, -0.15) is 0 Å². The zero-order valence-corrected chi connectivity index (χ0v) is 18.5. The van der Waals surface area contributed by atoms with Gasteiger partial charge in [-0.3, -0.25) is 4.79 Å². The van der Waals surface area contributed by atoms with Crippen molar-refractivity contribution in [1.82, 2.24) is 4.98 Å². The number of anilines is 1. The molecule has 0 spiro atoms. The Morgan fingerprint density at radius 2 is 1.78 bits per heavy atom. The Morgan fingerprint density at radius 3 is 2.53 bits per heavy atom. The lowest BCUT2D eigenvalue weighted by molar-refractivity contribution is -0.137. The van der Waals surface area contributed by atoms with E-state index in [-0.39, 0.29) is 17.1 Å². The van der Waals surface area contributed by atoms with Crippen LogP contribution in [0.1, 0.15) is 17.9 Å². The predicted octanol–water partition coefficient (Wildman–Crippen LogP) is 4.70. The van der Waals surface area contributed by atoms with Gasteiger partial charge >= 0.3 is 5.97 Å². The van der Waals surface area contributed by atoms with Crippen LogP contribution in [-0.4, -0.2) is 30.2 Å². The van der Waals surface area contributed by atoms with E-state index in [1.165, 1.54) is 23.5 Å². The molecular formula is C23H20N2O5S2. The molecule has 0 saturated carbocycles. The molecular weight excluding hydrogens is 448 g/mol. The maximum atomic E-state index is 13.1. The lowest BCUT2D eigenvalue weighted by Gasteiger charge is -2.16. The molecule has 1 heterocycles. The van der Waals surface area contributed by atoms with E-state index in [2.05, 4.69) is 4.98 Å². The number of fused-ring (bicyclic) bond motifs is 1. The monoisotopic (exact) mass is 468 g/mol. The van der Waals surface area contributed by atoms with Gasteiger partial charge in [0.15, 0.2) is 15.0 Å². The molecule has 0 aliphatic heterocycles. The number of nitrogen functional groups attached to an aromatic ring is 1. The molecule has 0 fully saturated rings. The van der Waals surface area contributed by atoms with Gasteiger partial charge in [0.25, 0.3) is 0 Å². The topological polar surface area (TPSA) is 120 Å². The van der Waals surface area contributed by atoms with Crippen molar-refractivity contribution in [2.24, 2.45) is 0 Å². The van der Waals surface area contributed by atoms with Crippen LogP contribution in [0, 0.1) is 0 Å². The summed E-state index contributed by atoms with van der Waals surface area (Å²) in [5.74, 6) is -1.19. The first kappa shape index (κ1) is 21.8. The number of sulfone groups is 1. The third-order valence-electron chi connectivity index (χ3n) is 4.89. The molecule has 7 nitrogen and oxygen atoms in total. The van der Waals surface area contributed by atoms with Crippen molar-refractivity contribution >= 4 is 42.5 Å². The van der Waals surface area contributed by atoms with Crippen molar-refractivity contribution in [3.63, 3.8) is 0 Å². The summed E-state index contributed by atoms with van der Waals surface area (Å²) in [6.07, 6.45) is -0.282. The molecule has 32 heavy (non-hydrogen) atoms. The van der Waals surface area contributed by atoms with Gasteiger partial charge < -0.3 is 15.6 Å². The third kappa shape index (κ3) is 5.06. The third-order valence-corrected chi connectivity index (χ3v) is 7.57. The summed E-state index contributed by atoms with van der Waals surface area (Å²) in [5, 5.41) is 9.73. The van der Waals surface area contributed by atoms with Crippen LogP contribution in [0.4, 0.5) is 5.13 Å². The number of hydrogen-bond acceptors (Lipinski definition) is 7. The number of nitrogens with zero attached hydrogens (tertiary/aromatic N) is 1. The van der Waals surface area contributed by atoms with Crippen molar-refractivity contribution < 1.29 is 23.1 Å². The number of rotatable bonds is 8. The molecule has 0 aliphatic carbocycles. The van der Waals surface area contributed by atoms with E-state index in [0.29, 0.717) is 27.7 Å². The van der Waals surface area contributed by atoms with Crippen molar-refractivity contribution in [2.75, 3.05) is 11.5 Å². The minimum Gasteiger partial charge on any atom is -0.481 e. The molecule has 3 aromatic carbocycles. The average Bonchev–Trinajstić information content (AvgIpc) is 3.13. The fourth-order valence-corrected chi connectivity index (χ4v) is 5.75. The zero-order valence-electron chi connectivity index (χ0n) is 16.8. The van der Waals surface area contributed by atoms with E-state index >= 15 is 0 Å². The Morgan fingerprint density at radius 1 is 1.03 bits per heavy atom. The first-order chi connectivity index (χ1) is 15.3. The second-order valence-corrected chi connectivity index (χ2v) is 10.3. The SMILES string of the molecule is Nc1nc2cc(Oc3cccc(S(=O)(=O)CC(CC(=O)O)c4ccccc4)c3)ccc2s1. The van der Waals surface area contributed by atoms with Crippen LogP contribution in [0.3, 0.4) is 0 Å². The predicted molar refractivity (Wildman–Crippen MR) is 124 cm³/mol. The summed E-state index contributed by atoms with van der Waals surface area (Å²) in [6.45, 7) is 0. The first-order valence-electron chi connectivity index (χ1n) is 9.74. The van der Waals surface area contributed by atoms with E-state index in [0.717, 1.165) is 4.70 Å². The fraction of sp³-hybridized carbons (Fsp3) is 0.130. The number of benzene rings is 3. The molecule has 0 bridgehead atoms. The molecule has 1 aromatic heterocycles. The van der Waals surface area contributed by atoms with Gasteiger partial charge in [0.05, 0.1) is 27.3 Å². The van der Waals surface area contributed by atoms with Gasteiger partial charge in [-0.15, -0.1) is 0 Å². The maximum absolute atomic E-state index is 13.1. The van der Waals surface area contributed by atoms with Crippen LogP contribution in [-0.2, 0) is 14.6 Å². The number of aliphatic carboxylic acids is 1. The van der Waals surface area contributed by atoms with Gasteiger partial charge in [0, 0.05) is 12.0 Å². The number of carboxylic acids is 1. The lowest BCUT2D eigenvalue weighted by atomic mass is 9.98. The molecule has 0 amide bonds. The Hall–Kier alpha value is -3.43. The summed E-state index contributed by atoms with van der Waals surface area (Å²) in [7, 11) is -3.77. The summed E-state index contributed by atoms with van der Waals surface area (Å²) >= 11 is 1.37. The van der Waals surface area contributed by atoms with Crippen molar-refractivity contribution in [3.05, 3.63) is 78.4 Å². The van der Waals surface area contributed by atoms with Crippen LogP contribution in [0.15, 0.2) is 77.7 Å². The highest BCUT2D eigenvalue weighted by molar-refractivity contribution is 7.91. The lowest BCUT2D eigenvalue weighted by Crippen LogP contribution is -2.18. The van der Waals surface area contributed by atoms with Crippen LogP contribution < -0.4 is 10.5 Å². The van der Waals surface area contributed by atoms with Gasteiger partial charge in [-0.25, -0.2) is 13.4 Å². The average molecular weight is 469 g/mol. The second kappa shape index (κ2) is 8.97. The number of carboxylic acid groups (broad SMARTS) is 1. The molecule has 9 heteroatoms. The standard InChI is InChI=1S/C23H20N2O5S2/c24-23-25-20-13-18(9-10-21(20)31-23)30-17-7-4-8-19(12-17)32(28,29)14-16(11-22(26)27)15-5-2-1-3-6-15/h1-10,12-13,16H,11,14H2,(H2,24,25)(H,26,27). The number of hydrogen-bond donors (Lipinski definition) is 2. The number of ether oxygens (including phenoxy) is 1. The minimum atomic E-state index is -3.77. The van der Waals surface area contributed by atoms with E-state index in [9.17, 15) is 18.3 Å². The van der Waals surface area contributed by atoms with E-state index in [4.69, 9.17) is 10.5 Å². The van der Waals surface area contributed by atoms with Crippen LogP contribution >= 0.6 is 11.3 Å². The van der Waals surface area contributed by atoms with Crippen LogP contribution in [0.2, 0.25) is 0 Å². The molecule has 4 rings (SSSR count). The molecule has 1 atom stereocenters. The summed E-state index contributed by atoms with van der Waals surface area (Å²) < 4.78 is 33.0. The van der Waals surface area contributed by atoms with Crippen molar-refractivity contribution in [2.45, 2.75) is 17.2 Å².